The highest BCUT2D eigenvalue weighted by Crippen LogP contribution is 2.31. The topological polar surface area (TPSA) is 54.6 Å². The van der Waals surface area contributed by atoms with Gasteiger partial charge in [0.15, 0.2) is 3.95 Å². The molecule has 0 atom stereocenters. The van der Waals surface area contributed by atoms with Gasteiger partial charge in [-0.1, -0.05) is 11.6 Å². The fourth-order valence-corrected chi connectivity index (χ4v) is 3.31. The normalized spacial score (nSPS) is 13.6. The molecule has 3 rings (SSSR count). The SMILES string of the molecule is Cc1ccc2c(c1)=C(c1sc(=S)n(C)c1O)C(=O)N=2. The average molecular weight is 290 g/mol. The Morgan fingerprint density at radius 1 is 1.42 bits per heavy atom. The Kier molecular flexibility index (Phi) is 2.65. The number of amides is 1. The Morgan fingerprint density at radius 2 is 2.16 bits per heavy atom. The summed E-state index contributed by atoms with van der Waals surface area (Å²) in [7, 11) is 1.67. The summed E-state index contributed by atoms with van der Waals surface area (Å²) >= 11 is 6.35. The van der Waals surface area contributed by atoms with Gasteiger partial charge in [-0.05, 0) is 31.3 Å². The summed E-state index contributed by atoms with van der Waals surface area (Å²) in [4.78, 5) is 16.6. The van der Waals surface area contributed by atoms with Crippen molar-refractivity contribution >= 4 is 35.0 Å². The number of thiazole rings is 1. The molecule has 2 heterocycles. The van der Waals surface area contributed by atoms with Crippen molar-refractivity contribution in [3.05, 3.63) is 43.2 Å². The van der Waals surface area contributed by atoms with E-state index >= 15 is 0 Å². The molecule has 4 nitrogen and oxygen atoms in total. The lowest BCUT2D eigenvalue weighted by molar-refractivity contribution is -0.112. The molecule has 1 amide bonds. The monoisotopic (exact) mass is 290 g/mol. The number of fused-ring (bicyclic) bond motifs is 1. The molecule has 0 spiro atoms. The summed E-state index contributed by atoms with van der Waals surface area (Å²) in [5, 5.41) is 11.5. The molecule has 96 valence electrons. The van der Waals surface area contributed by atoms with Gasteiger partial charge in [0.1, 0.15) is 4.88 Å². The van der Waals surface area contributed by atoms with Crippen molar-refractivity contribution in [2.24, 2.45) is 12.0 Å². The molecule has 1 N–H and O–H groups in total. The van der Waals surface area contributed by atoms with Crippen LogP contribution in [-0.4, -0.2) is 15.6 Å². The molecule has 0 radical (unpaired) electrons. The highest BCUT2D eigenvalue weighted by Gasteiger charge is 2.24. The maximum atomic E-state index is 12.1. The largest absolute Gasteiger partial charge is 0.493 e. The molecule has 1 aliphatic heterocycles. The molecule has 0 fully saturated rings. The van der Waals surface area contributed by atoms with Gasteiger partial charge in [-0.3, -0.25) is 9.36 Å². The second kappa shape index (κ2) is 4.11. The second-order valence-electron chi connectivity index (χ2n) is 4.39. The van der Waals surface area contributed by atoms with Gasteiger partial charge < -0.3 is 5.11 Å². The molecule has 19 heavy (non-hydrogen) atoms. The molecule has 0 aliphatic carbocycles. The molecule has 0 unspecified atom stereocenters. The van der Waals surface area contributed by atoms with Gasteiger partial charge in [0, 0.05) is 12.3 Å². The summed E-state index contributed by atoms with van der Waals surface area (Å²) < 4.78 is 2.01. The average Bonchev–Trinajstić information content (AvgIpc) is 2.80. The van der Waals surface area contributed by atoms with Crippen molar-refractivity contribution in [2.75, 3.05) is 0 Å². The number of carbonyl (C=O) groups excluding carboxylic acids is 1. The quantitative estimate of drug-likeness (QED) is 0.803. The van der Waals surface area contributed by atoms with Gasteiger partial charge in [-0.2, -0.15) is 0 Å². The van der Waals surface area contributed by atoms with Crippen LogP contribution in [0.3, 0.4) is 0 Å². The Hall–Kier alpha value is -1.79. The number of aromatic hydroxyl groups is 1. The predicted molar refractivity (Wildman–Crippen MR) is 75.3 cm³/mol. The third kappa shape index (κ3) is 1.75. The van der Waals surface area contributed by atoms with Gasteiger partial charge in [0.05, 0.1) is 10.9 Å². The lowest BCUT2D eigenvalue weighted by Crippen LogP contribution is -2.23. The van der Waals surface area contributed by atoms with Crippen LogP contribution in [0, 0.1) is 10.9 Å². The Labute approximate surface area is 118 Å². The third-order valence-corrected chi connectivity index (χ3v) is 4.63. The van der Waals surface area contributed by atoms with Crippen LogP contribution in [0.1, 0.15) is 10.4 Å². The van der Waals surface area contributed by atoms with Gasteiger partial charge in [0.25, 0.3) is 5.91 Å². The van der Waals surface area contributed by atoms with Crippen LogP contribution in [0.15, 0.2) is 23.2 Å². The lowest BCUT2D eigenvalue weighted by Gasteiger charge is -1.98. The van der Waals surface area contributed by atoms with Crippen LogP contribution >= 0.6 is 23.6 Å². The molecule has 1 aliphatic rings. The minimum absolute atomic E-state index is 0.0166. The van der Waals surface area contributed by atoms with E-state index in [9.17, 15) is 9.90 Å². The number of aryl methyl sites for hydroxylation is 1. The first-order valence-electron chi connectivity index (χ1n) is 5.62. The van der Waals surface area contributed by atoms with E-state index in [0.29, 0.717) is 19.8 Å². The third-order valence-electron chi connectivity index (χ3n) is 3.07. The molecule has 0 bridgehead atoms. The molecule has 0 saturated carbocycles. The maximum absolute atomic E-state index is 12.1. The van der Waals surface area contributed by atoms with Crippen molar-refractivity contribution in [3.63, 3.8) is 0 Å². The van der Waals surface area contributed by atoms with Crippen molar-refractivity contribution in [2.45, 2.75) is 6.92 Å². The number of hydrogen-bond donors (Lipinski definition) is 1. The number of carbonyl (C=O) groups is 1. The Bertz CT molecular complexity index is 890. The van der Waals surface area contributed by atoms with E-state index in [2.05, 4.69) is 4.99 Å². The highest BCUT2D eigenvalue weighted by molar-refractivity contribution is 7.73. The second-order valence-corrected chi connectivity index (χ2v) is 6.04. The van der Waals surface area contributed by atoms with E-state index in [4.69, 9.17) is 12.2 Å². The molecule has 1 aromatic carbocycles. The Morgan fingerprint density at radius 3 is 2.79 bits per heavy atom. The first kappa shape index (κ1) is 12.3. The first-order chi connectivity index (χ1) is 8.99. The summed E-state index contributed by atoms with van der Waals surface area (Å²) in [6.07, 6.45) is 0. The van der Waals surface area contributed by atoms with Crippen molar-refractivity contribution in [1.29, 1.82) is 0 Å². The molecule has 1 aromatic heterocycles. The standard InChI is InChI=1S/C13H10N2O2S2/c1-6-3-4-8-7(5-6)9(11(16)14-8)10-12(17)15(2)13(18)19-10/h3-5,17H,1-2H3. The number of rotatable bonds is 1. The number of nitrogens with zero attached hydrogens (tertiary/aromatic N) is 2. The van der Waals surface area contributed by atoms with E-state index in [1.807, 2.05) is 25.1 Å². The first-order valence-corrected chi connectivity index (χ1v) is 6.84. The van der Waals surface area contributed by atoms with Crippen LogP contribution in [0.4, 0.5) is 0 Å². The Balaban J connectivity index is 2.45. The highest BCUT2D eigenvalue weighted by atomic mass is 32.1. The van der Waals surface area contributed by atoms with E-state index in [-0.39, 0.29) is 11.8 Å². The van der Waals surface area contributed by atoms with Crippen molar-refractivity contribution in [1.82, 2.24) is 4.57 Å². The molecule has 0 saturated heterocycles. The number of hydrogen-bond acceptors (Lipinski definition) is 4. The maximum Gasteiger partial charge on any atom is 0.279 e. The zero-order valence-corrected chi connectivity index (χ0v) is 11.9. The molecular weight excluding hydrogens is 280 g/mol. The van der Waals surface area contributed by atoms with Crippen LogP contribution in [0.2, 0.25) is 0 Å². The van der Waals surface area contributed by atoms with E-state index < -0.39 is 0 Å². The van der Waals surface area contributed by atoms with Crippen molar-refractivity contribution < 1.29 is 9.90 Å². The van der Waals surface area contributed by atoms with E-state index in [0.717, 1.165) is 10.8 Å². The minimum Gasteiger partial charge on any atom is -0.493 e. The van der Waals surface area contributed by atoms with Gasteiger partial charge in [-0.25, -0.2) is 4.99 Å². The number of aromatic nitrogens is 1. The van der Waals surface area contributed by atoms with Gasteiger partial charge in [-0.15, -0.1) is 11.3 Å². The smallest absolute Gasteiger partial charge is 0.279 e. The van der Waals surface area contributed by atoms with Crippen molar-refractivity contribution in [3.8, 4) is 5.88 Å². The predicted octanol–water partition coefficient (Wildman–Crippen LogP) is 1.19. The lowest BCUT2D eigenvalue weighted by atomic mass is 10.1. The molecule has 2 aromatic rings. The molecule has 6 heteroatoms. The summed E-state index contributed by atoms with van der Waals surface area (Å²) in [5.74, 6) is -0.310. The van der Waals surface area contributed by atoms with E-state index in [1.165, 1.54) is 15.9 Å². The zero-order valence-electron chi connectivity index (χ0n) is 10.3. The van der Waals surface area contributed by atoms with Crippen LogP contribution in [-0.2, 0) is 11.8 Å². The fraction of sp³-hybridized carbons (Fsp3) is 0.154. The van der Waals surface area contributed by atoms with Crippen LogP contribution < -0.4 is 10.6 Å². The van der Waals surface area contributed by atoms with Crippen LogP contribution in [0.5, 0.6) is 5.88 Å². The fourth-order valence-electron chi connectivity index (χ4n) is 2.05. The van der Waals surface area contributed by atoms with Crippen LogP contribution in [0.25, 0.3) is 5.57 Å². The summed E-state index contributed by atoms with van der Waals surface area (Å²) in [6.45, 7) is 1.95. The minimum atomic E-state index is -0.326. The number of benzene rings is 1. The van der Waals surface area contributed by atoms with Gasteiger partial charge in [0.2, 0.25) is 5.88 Å². The summed E-state index contributed by atoms with van der Waals surface area (Å²) in [6, 6.07) is 5.63. The van der Waals surface area contributed by atoms with E-state index in [1.54, 1.807) is 7.05 Å². The zero-order chi connectivity index (χ0) is 13.7. The molecular formula is C13H10N2O2S2. The van der Waals surface area contributed by atoms with Gasteiger partial charge >= 0.3 is 0 Å². The summed E-state index contributed by atoms with van der Waals surface area (Å²) in [5.41, 5.74) is 1.48.